The third kappa shape index (κ3) is 3.37. The van der Waals surface area contributed by atoms with E-state index in [1.807, 2.05) is 0 Å². The second-order valence-corrected chi connectivity index (χ2v) is 8.55. The highest BCUT2D eigenvalue weighted by Gasteiger charge is 2.29. The first-order chi connectivity index (χ1) is 9.35. The fourth-order valence-electron chi connectivity index (χ4n) is 2.11. The maximum atomic E-state index is 12.0. The minimum atomic E-state index is -3.61. The maximum Gasteiger partial charge on any atom is 0.257 e. The van der Waals surface area contributed by atoms with Crippen LogP contribution in [0.25, 0.3) is 0 Å². The van der Waals surface area contributed by atoms with E-state index < -0.39 is 20.0 Å². The average Bonchev–Trinajstić information content (AvgIpc) is 2.93. The molecule has 1 saturated heterocycles. The van der Waals surface area contributed by atoms with Crippen molar-refractivity contribution in [2.24, 2.45) is 0 Å². The Morgan fingerprint density at radius 1 is 1.35 bits per heavy atom. The van der Waals surface area contributed by atoms with Crippen molar-refractivity contribution in [3.63, 3.8) is 0 Å². The van der Waals surface area contributed by atoms with Gasteiger partial charge in [0.15, 0.2) is 5.03 Å². The lowest BCUT2D eigenvalue weighted by atomic mass is 10.1. The second-order valence-electron chi connectivity index (χ2n) is 4.61. The van der Waals surface area contributed by atoms with E-state index in [0.717, 1.165) is 0 Å². The van der Waals surface area contributed by atoms with Gasteiger partial charge in [-0.3, -0.25) is 0 Å². The first-order valence-corrected chi connectivity index (χ1v) is 9.43. The van der Waals surface area contributed by atoms with Gasteiger partial charge in [0.2, 0.25) is 10.0 Å². The van der Waals surface area contributed by atoms with Crippen molar-refractivity contribution in [1.82, 2.24) is 19.0 Å². The number of hydrogen-bond acceptors (Lipinski definition) is 5. The zero-order valence-electron chi connectivity index (χ0n) is 11.1. The Morgan fingerprint density at radius 3 is 2.50 bits per heavy atom. The topological polar surface area (TPSA) is 112 Å². The number of nitrogens with one attached hydrogen (secondary N) is 2. The molecule has 114 valence electrons. The SMILES string of the molecule is CCS(=O)(=O)N1CCC(NS(=O)(=O)c2cnc[nH]2)CC1. The van der Waals surface area contributed by atoms with Crippen LogP contribution in [-0.2, 0) is 20.0 Å². The minimum absolute atomic E-state index is 0.0149. The summed E-state index contributed by atoms with van der Waals surface area (Å²) < 4.78 is 51.4. The summed E-state index contributed by atoms with van der Waals surface area (Å²) >= 11 is 0. The molecule has 0 bridgehead atoms. The molecule has 1 aliphatic heterocycles. The van der Waals surface area contributed by atoms with Gasteiger partial charge in [-0.05, 0) is 19.8 Å². The molecule has 1 fully saturated rings. The van der Waals surface area contributed by atoms with Crippen LogP contribution in [-0.4, -0.2) is 56.0 Å². The molecule has 2 rings (SSSR count). The summed E-state index contributed by atoms with van der Waals surface area (Å²) in [5, 5.41) is 0.0149. The molecule has 0 saturated carbocycles. The zero-order chi connectivity index (χ0) is 14.8. The van der Waals surface area contributed by atoms with Gasteiger partial charge in [0.1, 0.15) is 0 Å². The van der Waals surface area contributed by atoms with E-state index in [-0.39, 0.29) is 16.8 Å². The largest absolute Gasteiger partial charge is 0.335 e. The standard InChI is InChI=1S/C10H18N4O4S2/c1-2-19(15,16)14-5-3-9(4-6-14)13-20(17,18)10-7-11-8-12-10/h7-9,13H,2-6H2,1H3,(H,11,12). The fourth-order valence-corrected chi connectivity index (χ4v) is 4.45. The molecule has 0 aromatic carbocycles. The van der Waals surface area contributed by atoms with Gasteiger partial charge >= 0.3 is 0 Å². The molecule has 20 heavy (non-hydrogen) atoms. The monoisotopic (exact) mass is 322 g/mol. The van der Waals surface area contributed by atoms with E-state index in [0.29, 0.717) is 25.9 Å². The average molecular weight is 322 g/mol. The van der Waals surface area contributed by atoms with Crippen LogP contribution < -0.4 is 4.72 Å². The van der Waals surface area contributed by atoms with Gasteiger partial charge in [-0.1, -0.05) is 0 Å². The van der Waals surface area contributed by atoms with E-state index in [1.54, 1.807) is 6.92 Å². The number of rotatable bonds is 5. The van der Waals surface area contributed by atoms with Gasteiger partial charge in [0.25, 0.3) is 10.0 Å². The number of nitrogens with zero attached hydrogens (tertiary/aromatic N) is 2. The van der Waals surface area contributed by atoms with Crippen LogP contribution in [0.4, 0.5) is 0 Å². The number of piperidine rings is 1. The Hall–Kier alpha value is -0.970. The lowest BCUT2D eigenvalue weighted by Gasteiger charge is -2.31. The number of aromatic nitrogens is 2. The molecule has 1 aromatic rings. The third-order valence-electron chi connectivity index (χ3n) is 3.30. The summed E-state index contributed by atoms with van der Waals surface area (Å²) in [5.41, 5.74) is 0. The van der Waals surface area contributed by atoms with Crippen LogP contribution in [0.2, 0.25) is 0 Å². The Labute approximate surface area is 118 Å². The van der Waals surface area contributed by atoms with Crippen molar-refractivity contribution >= 4 is 20.0 Å². The molecule has 0 amide bonds. The van der Waals surface area contributed by atoms with E-state index in [9.17, 15) is 16.8 Å². The number of H-pyrrole nitrogens is 1. The van der Waals surface area contributed by atoms with Gasteiger partial charge in [0, 0.05) is 19.1 Å². The van der Waals surface area contributed by atoms with Crippen LogP contribution in [0.15, 0.2) is 17.6 Å². The predicted octanol–water partition coefficient (Wildman–Crippen LogP) is -0.498. The molecule has 10 heteroatoms. The third-order valence-corrected chi connectivity index (χ3v) is 6.62. The van der Waals surface area contributed by atoms with Crippen molar-refractivity contribution < 1.29 is 16.8 Å². The van der Waals surface area contributed by atoms with Crippen molar-refractivity contribution in [3.8, 4) is 0 Å². The summed E-state index contributed by atoms with van der Waals surface area (Å²) in [6, 6.07) is -0.258. The molecule has 0 unspecified atom stereocenters. The minimum Gasteiger partial charge on any atom is -0.335 e. The highest BCUT2D eigenvalue weighted by Crippen LogP contribution is 2.16. The number of imidazole rings is 1. The highest BCUT2D eigenvalue weighted by atomic mass is 32.2. The molecular weight excluding hydrogens is 304 g/mol. The summed E-state index contributed by atoms with van der Waals surface area (Å²) in [5.74, 6) is 0.0670. The molecule has 1 aliphatic rings. The van der Waals surface area contributed by atoms with Gasteiger partial charge in [-0.15, -0.1) is 0 Å². The lowest BCUT2D eigenvalue weighted by molar-refractivity contribution is 0.309. The van der Waals surface area contributed by atoms with Gasteiger partial charge in [0.05, 0.1) is 18.3 Å². The van der Waals surface area contributed by atoms with E-state index in [4.69, 9.17) is 0 Å². The maximum absolute atomic E-state index is 12.0. The molecular formula is C10H18N4O4S2. The van der Waals surface area contributed by atoms with E-state index in [2.05, 4.69) is 14.7 Å². The summed E-state index contributed by atoms with van der Waals surface area (Å²) in [4.78, 5) is 6.22. The Morgan fingerprint density at radius 2 is 2.00 bits per heavy atom. The molecule has 1 aromatic heterocycles. The van der Waals surface area contributed by atoms with Crippen molar-refractivity contribution in [2.75, 3.05) is 18.8 Å². The Balaban J connectivity index is 1.96. The number of aromatic amines is 1. The molecule has 0 aliphatic carbocycles. The summed E-state index contributed by atoms with van der Waals surface area (Å²) in [6.07, 6.45) is 3.46. The van der Waals surface area contributed by atoms with Crippen LogP contribution in [0, 0.1) is 0 Å². The highest BCUT2D eigenvalue weighted by molar-refractivity contribution is 7.89. The molecule has 0 spiro atoms. The molecule has 8 nitrogen and oxygen atoms in total. The van der Waals surface area contributed by atoms with Gasteiger partial charge in [-0.25, -0.2) is 30.8 Å². The molecule has 2 N–H and O–H groups in total. The van der Waals surface area contributed by atoms with Crippen molar-refractivity contribution in [1.29, 1.82) is 0 Å². The van der Waals surface area contributed by atoms with Crippen LogP contribution in [0.1, 0.15) is 19.8 Å². The van der Waals surface area contributed by atoms with Crippen molar-refractivity contribution in [3.05, 3.63) is 12.5 Å². The second kappa shape index (κ2) is 5.80. The predicted molar refractivity (Wildman–Crippen MR) is 73.0 cm³/mol. The van der Waals surface area contributed by atoms with Crippen LogP contribution in [0.3, 0.4) is 0 Å². The first-order valence-electron chi connectivity index (χ1n) is 6.33. The normalized spacial score (nSPS) is 19.2. The van der Waals surface area contributed by atoms with E-state index >= 15 is 0 Å². The molecule has 2 heterocycles. The quantitative estimate of drug-likeness (QED) is 0.759. The first kappa shape index (κ1) is 15.4. The smallest absolute Gasteiger partial charge is 0.257 e. The molecule has 0 radical (unpaired) electrons. The Bertz CT molecular complexity index is 631. The summed E-state index contributed by atoms with van der Waals surface area (Å²) in [7, 11) is -6.80. The van der Waals surface area contributed by atoms with Gasteiger partial charge < -0.3 is 4.98 Å². The van der Waals surface area contributed by atoms with Crippen LogP contribution in [0.5, 0.6) is 0 Å². The number of hydrogen-bond donors (Lipinski definition) is 2. The van der Waals surface area contributed by atoms with Crippen molar-refractivity contribution in [2.45, 2.75) is 30.8 Å². The summed E-state index contributed by atoms with van der Waals surface area (Å²) in [6.45, 7) is 2.28. The fraction of sp³-hybridized carbons (Fsp3) is 0.700. The lowest BCUT2D eigenvalue weighted by Crippen LogP contribution is -2.46. The molecule has 0 atom stereocenters. The van der Waals surface area contributed by atoms with E-state index in [1.165, 1.54) is 16.8 Å². The number of sulfonamides is 2. The Kier molecular flexibility index (Phi) is 4.47. The van der Waals surface area contributed by atoms with Gasteiger partial charge in [-0.2, -0.15) is 0 Å². The van der Waals surface area contributed by atoms with Crippen LogP contribution >= 0.6 is 0 Å². The zero-order valence-corrected chi connectivity index (χ0v) is 12.7.